The summed E-state index contributed by atoms with van der Waals surface area (Å²) in [7, 11) is 0. The number of anilines is 1. The molecule has 1 atom stereocenters. The lowest BCUT2D eigenvalue weighted by Crippen LogP contribution is -2.47. The number of carbonyl (C=O) groups is 2. The van der Waals surface area contributed by atoms with Gasteiger partial charge in [0.25, 0.3) is 5.91 Å². The predicted molar refractivity (Wildman–Crippen MR) is 101 cm³/mol. The number of nitrogens with one attached hydrogen (secondary N) is 2. The second-order valence-electron chi connectivity index (χ2n) is 6.98. The number of fused-ring (bicyclic) bond motifs is 1. The first-order chi connectivity index (χ1) is 12.7. The van der Waals surface area contributed by atoms with E-state index < -0.39 is 0 Å². The van der Waals surface area contributed by atoms with Crippen LogP contribution in [0.2, 0.25) is 0 Å². The van der Waals surface area contributed by atoms with E-state index in [1.165, 1.54) is 5.56 Å². The van der Waals surface area contributed by atoms with Crippen LogP contribution in [-0.2, 0) is 13.0 Å². The lowest BCUT2D eigenvalue weighted by atomic mass is 9.96. The van der Waals surface area contributed by atoms with E-state index in [0.29, 0.717) is 12.1 Å². The molecule has 3 amide bonds. The Morgan fingerprint density at radius 1 is 1.12 bits per heavy atom. The van der Waals surface area contributed by atoms with Gasteiger partial charge in [0.1, 0.15) is 0 Å². The normalized spacial score (nSPS) is 19.0. The van der Waals surface area contributed by atoms with Crippen LogP contribution in [0.3, 0.4) is 0 Å². The molecule has 1 saturated heterocycles. The standard InChI is InChI=1S/C21H23N3O2/c25-20-17-10-6-11-19(18(17)14-22-20)23-21(26)24-12-5-4-9-16(24)13-15-7-2-1-3-8-15/h1-3,6-8,10-11,16H,4-5,9,12-14H2,(H,22,25)(H,23,26)/t16-/m0/s1. The minimum Gasteiger partial charge on any atom is -0.348 e. The van der Waals surface area contributed by atoms with Gasteiger partial charge < -0.3 is 15.5 Å². The molecule has 0 aliphatic carbocycles. The van der Waals surface area contributed by atoms with E-state index in [0.717, 1.165) is 43.5 Å². The van der Waals surface area contributed by atoms with Gasteiger partial charge in [0.15, 0.2) is 0 Å². The van der Waals surface area contributed by atoms with Crippen LogP contribution in [-0.4, -0.2) is 29.4 Å². The van der Waals surface area contributed by atoms with Crippen molar-refractivity contribution in [1.82, 2.24) is 10.2 Å². The Labute approximate surface area is 153 Å². The molecule has 2 aromatic carbocycles. The van der Waals surface area contributed by atoms with Crippen LogP contribution in [0.25, 0.3) is 0 Å². The summed E-state index contributed by atoms with van der Waals surface area (Å²) in [6.07, 6.45) is 4.09. The highest BCUT2D eigenvalue weighted by molar-refractivity contribution is 6.01. The summed E-state index contributed by atoms with van der Waals surface area (Å²) in [6, 6.07) is 16.0. The Kier molecular flexibility index (Phi) is 4.61. The van der Waals surface area contributed by atoms with Gasteiger partial charge in [0.05, 0.1) is 0 Å². The van der Waals surface area contributed by atoms with Crippen LogP contribution in [0.15, 0.2) is 48.5 Å². The summed E-state index contributed by atoms with van der Waals surface area (Å²) in [5.74, 6) is -0.0731. The van der Waals surface area contributed by atoms with Gasteiger partial charge in [-0.2, -0.15) is 0 Å². The lowest BCUT2D eigenvalue weighted by Gasteiger charge is -2.36. The first-order valence-electron chi connectivity index (χ1n) is 9.24. The average Bonchev–Trinajstić information content (AvgIpc) is 3.05. The Morgan fingerprint density at radius 3 is 2.81 bits per heavy atom. The van der Waals surface area contributed by atoms with Crippen LogP contribution >= 0.6 is 0 Å². The minimum atomic E-state index is -0.0731. The first kappa shape index (κ1) is 16.6. The molecular formula is C21H23N3O2. The summed E-state index contributed by atoms with van der Waals surface area (Å²) in [4.78, 5) is 26.7. The summed E-state index contributed by atoms with van der Waals surface area (Å²) < 4.78 is 0. The molecule has 0 unspecified atom stereocenters. The average molecular weight is 349 g/mol. The number of rotatable bonds is 3. The molecule has 5 heteroatoms. The molecule has 2 aliphatic rings. The zero-order valence-electron chi connectivity index (χ0n) is 14.7. The summed E-state index contributed by atoms with van der Waals surface area (Å²) >= 11 is 0. The van der Waals surface area contributed by atoms with Crippen LogP contribution in [0.1, 0.15) is 40.7 Å². The van der Waals surface area contributed by atoms with Crippen molar-refractivity contribution in [2.75, 3.05) is 11.9 Å². The molecule has 4 rings (SSSR count). The van der Waals surface area contributed by atoms with Gasteiger partial charge in [0.2, 0.25) is 0 Å². The molecule has 0 aromatic heterocycles. The van der Waals surface area contributed by atoms with E-state index in [2.05, 4.69) is 22.8 Å². The second-order valence-corrected chi connectivity index (χ2v) is 6.98. The van der Waals surface area contributed by atoms with E-state index >= 15 is 0 Å². The van der Waals surface area contributed by atoms with Gasteiger partial charge in [-0.05, 0) is 43.4 Å². The number of amides is 3. The van der Waals surface area contributed by atoms with Gasteiger partial charge in [0, 0.05) is 35.9 Å². The molecule has 2 aromatic rings. The van der Waals surface area contributed by atoms with Crippen LogP contribution in [0.5, 0.6) is 0 Å². The number of benzene rings is 2. The highest BCUT2D eigenvalue weighted by Crippen LogP contribution is 2.26. The molecule has 2 heterocycles. The van der Waals surface area contributed by atoms with Crippen molar-refractivity contribution in [2.45, 2.75) is 38.3 Å². The fourth-order valence-corrected chi connectivity index (χ4v) is 3.92. The number of nitrogens with zero attached hydrogens (tertiary/aromatic N) is 1. The second kappa shape index (κ2) is 7.20. The van der Waals surface area contributed by atoms with Crippen molar-refractivity contribution in [3.05, 3.63) is 65.2 Å². The molecule has 2 N–H and O–H groups in total. The Bertz CT molecular complexity index is 819. The zero-order valence-corrected chi connectivity index (χ0v) is 14.7. The largest absolute Gasteiger partial charge is 0.348 e. The summed E-state index contributed by atoms with van der Waals surface area (Å²) in [6.45, 7) is 1.24. The van der Waals surface area contributed by atoms with Crippen molar-refractivity contribution in [3.8, 4) is 0 Å². The fourth-order valence-electron chi connectivity index (χ4n) is 3.92. The lowest BCUT2D eigenvalue weighted by molar-refractivity contribution is 0.0965. The predicted octanol–water partition coefficient (Wildman–Crippen LogP) is 3.56. The molecular weight excluding hydrogens is 326 g/mol. The topological polar surface area (TPSA) is 61.4 Å². The van der Waals surface area contributed by atoms with Crippen molar-refractivity contribution in [2.24, 2.45) is 0 Å². The number of likely N-dealkylation sites (tertiary alicyclic amines) is 1. The molecule has 26 heavy (non-hydrogen) atoms. The highest BCUT2D eigenvalue weighted by atomic mass is 16.2. The van der Waals surface area contributed by atoms with Crippen molar-refractivity contribution in [3.63, 3.8) is 0 Å². The Hall–Kier alpha value is -2.82. The van der Waals surface area contributed by atoms with E-state index in [9.17, 15) is 9.59 Å². The number of hydrogen-bond donors (Lipinski definition) is 2. The Morgan fingerprint density at radius 2 is 1.96 bits per heavy atom. The molecule has 0 spiro atoms. The zero-order chi connectivity index (χ0) is 17.9. The third kappa shape index (κ3) is 3.29. The SMILES string of the molecule is O=C1NCc2c(NC(=O)N3CCCC[C@H]3Cc3ccccc3)cccc21. The van der Waals surface area contributed by atoms with Crippen LogP contribution in [0, 0.1) is 0 Å². The molecule has 0 bridgehead atoms. The van der Waals surface area contributed by atoms with Gasteiger partial charge in [-0.1, -0.05) is 36.4 Å². The number of piperidine rings is 1. The van der Waals surface area contributed by atoms with Crippen LogP contribution < -0.4 is 10.6 Å². The molecule has 0 radical (unpaired) electrons. The number of urea groups is 1. The maximum Gasteiger partial charge on any atom is 0.322 e. The quantitative estimate of drug-likeness (QED) is 0.890. The van der Waals surface area contributed by atoms with Gasteiger partial charge in [-0.15, -0.1) is 0 Å². The highest BCUT2D eigenvalue weighted by Gasteiger charge is 2.28. The van der Waals surface area contributed by atoms with Crippen molar-refractivity contribution < 1.29 is 9.59 Å². The summed E-state index contributed by atoms with van der Waals surface area (Å²) in [5, 5.41) is 5.86. The van der Waals surface area contributed by atoms with Gasteiger partial charge in [-0.25, -0.2) is 4.79 Å². The van der Waals surface area contributed by atoms with Crippen molar-refractivity contribution in [1.29, 1.82) is 0 Å². The van der Waals surface area contributed by atoms with E-state index in [1.54, 1.807) is 6.07 Å². The third-order valence-electron chi connectivity index (χ3n) is 5.29. The Balaban J connectivity index is 1.50. The monoisotopic (exact) mass is 349 g/mol. The molecule has 5 nitrogen and oxygen atoms in total. The van der Waals surface area contributed by atoms with Gasteiger partial charge in [-0.3, -0.25) is 4.79 Å². The molecule has 2 aliphatic heterocycles. The van der Waals surface area contributed by atoms with E-state index in [1.807, 2.05) is 35.2 Å². The first-order valence-corrected chi connectivity index (χ1v) is 9.24. The molecule has 1 fully saturated rings. The minimum absolute atomic E-state index is 0.0709. The molecule has 134 valence electrons. The van der Waals surface area contributed by atoms with Gasteiger partial charge >= 0.3 is 6.03 Å². The number of carbonyl (C=O) groups excluding carboxylic acids is 2. The molecule has 0 saturated carbocycles. The smallest absolute Gasteiger partial charge is 0.322 e. The summed E-state index contributed by atoms with van der Waals surface area (Å²) in [5.41, 5.74) is 3.52. The van der Waals surface area contributed by atoms with Crippen molar-refractivity contribution >= 4 is 17.6 Å². The maximum atomic E-state index is 13.0. The van der Waals surface area contributed by atoms with E-state index in [-0.39, 0.29) is 18.0 Å². The van der Waals surface area contributed by atoms with E-state index in [4.69, 9.17) is 0 Å². The maximum absolute atomic E-state index is 13.0. The van der Waals surface area contributed by atoms with Crippen LogP contribution in [0.4, 0.5) is 10.5 Å². The fraction of sp³-hybridized carbons (Fsp3) is 0.333. The third-order valence-corrected chi connectivity index (χ3v) is 5.29. The number of hydrogen-bond acceptors (Lipinski definition) is 2.